The van der Waals surface area contributed by atoms with Crippen LogP contribution in [0, 0.1) is 0 Å². The molecule has 0 radical (unpaired) electrons. The second kappa shape index (κ2) is 7.25. The molecule has 0 aromatic carbocycles. The van der Waals surface area contributed by atoms with Gasteiger partial charge in [-0.2, -0.15) is 0 Å². The molecular weight excluding hydrogens is 180 g/mol. The Morgan fingerprint density at radius 1 is 1.31 bits per heavy atom. The number of rotatable bonds is 4. The van der Waals surface area contributed by atoms with Crippen molar-refractivity contribution in [1.29, 1.82) is 0 Å². The third-order valence-electron chi connectivity index (χ3n) is 1.23. The second-order valence-electron chi connectivity index (χ2n) is 3.68. The highest BCUT2D eigenvalue weighted by Gasteiger charge is 2.02. The average Bonchev–Trinajstić information content (AvgIpc) is 1.98. The van der Waals surface area contributed by atoms with E-state index in [0.717, 1.165) is 10.9 Å². The Balaban J connectivity index is 4.02. The van der Waals surface area contributed by atoms with Gasteiger partial charge in [0.15, 0.2) is 5.17 Å². The largest absolute Gasteiger partial charge is 0.363 e. The van der Waals surface area contributed by atoms with Crippen molar-refractivity contribution in [2.24, 2.45) is 4.99 Å². The minimum atomic E-state index is 0.380. The summed E-state index contributed by atoms with van der Waals surface area (Å²) >= 11 is 1.82. The number of nitrogens with one attached hydrogen (secondary N) is 1. The number of amidine groups is 1. The van der Waals surface area contributed by atoms with E-state index >= 15 is 0 Å². The number of thioether (sulfide) groups is 1. The van der Waals surface area contributed by atoms with Gasteiger partial charge < -0.3 is 5.32 Å². The zero-order chi connectivity index (χ0) is 10.3. The van der Waals surface area contributed by atoms with Crippen molar-refractivity contribution >= 4 is 16.9 Å². The molecule has 0 saturated carbocycles. The lowest BCUT2D eigenvalue weighted by atomic mass is 10.4. The summed E-state index contributed by atoms with van der Waals surface area (Å²) in [5.41, 5.74) is 0. The van der Waals surface area contributed by atoms with Crippen molar-refractivity contribution in [2.45, 2.75) is 53.1 Å². The summed E-state index contributed by atoms with van der Waals surface area (Å²) in [6, 6.07) is 0.854. The Bertz CT molecular complexity index is 153. The minimum absolute atomic E-state index is 0.380. The molecule has 0 atom stereocenters. The molecule has 0 aliphatic heterocycles. The summed E-state index contributed by atoms with van der Waals surface area (Å²) in [7, 11) is 0. The third-order valence-corrected chi connectivity index (χ3v) is 2.34. The molecule has 0 aromatic rings. The fourth-order valence-corrected chi connectivity index (χ4v) is 1.80. The van der Waals surface area contributed by atoms with Crippen LogP contribution in [0.5, 0.6) is 0 Å². The maximum Gasteiger partial charge on any atom is 0.156 e. The molecule has 0 aliphatic carbocycles. The molecule has 0 rings (SSSR count). The van der Waals surface area contributed by atoms with Gasteiger partial charge in [-0.1, -0.05) is 18.7 Å². The van der Waals surface area contributed by atoms with Crippen molar-refractivity contribution < 1.29 is 0 Å². The Morgan fingerprint density at radius 2 is 1.92 bits per heavy atom. The fourth-order valence-electron chi connectivity index (χ4n) is 0.796. The van der Waals surface area contributed by atoms with E-state index in [1.807, 2.05) is 11.8 Å². The van der Waals surface area contributed by atoms with E-state index in [4.69, 9.17) is 0 Å². The first kappa shape index (κ1) is 12.8. The number of hydrogen-bond donors (Lipinski definition) is 1. The van der Waals surface area contributed by atoms with E-state index < -0.39 is 0 Å². The summed E-state index contributed by atoms with van der Waals surface area (Å²) in [6.45, 7) is 10.7. The van der Waals surface area contributed by atoms with Crippen molar-refractivity contribution in [3.8, 4) is 0 Å². The molecule has 0 unspecified atom stereocenters. The molecule has 78 valence electrons. The number of nitrogens with zero attached hydrogens (tertiary/aromatic N) is 1. The predicted octanol–water partition coefficient (Wildman–Crippen LogP) is 2.89. The molecule has 3 heteroatoms. The zero-order valence-corrected chi connectivity index (χ0v) is 10.2. The Hall–Kier alpha value is -0.180. The summed E-state index contributed by atoms with van der Waals surface area (Å²) in [6.07, 6.45) is 1.20. The lowest BCUT2D eigenvalue weighted by Crippen LogP contribution is -2.29. The number of hydrogen-bond acceptors (Lipinski definition) is 2. The fraction of sp³-hybridized carbons (Fsp3) is 0.900. The topological polar surface area (TPSA) is 24.4 Å². The minimum Gasteiger partial charge on any atom is -0.363 e. The van der Waals surface area contributed by atoms with Crippen LogP contribution in [-0.2, 0) is 0 Å². The molecule has 0 amide bonds. The lowest BCUT2D eigenvalue weighted by Gasteiger charge is -2.13. The van der Waals surface area contributed by atoms with Gasteiger partial charge in [-0.3, -0.25) is 4.99 Å². The molecule has 2 nitrogen and oxygen atoms in total. The van der Waals surface area contributed by atoms with E-state index in [1.54, 1.807) is 0 Å². The van der Waals surface area contributed by atoms with Gasteiger partial charge in [-0.05, 0) is 34.1 Å². The molecule has 0 saturated heterocycles. The standard InChI is InChI=1S/C10H22N2S/c1-6-7-13-10(11-8(2)3)12-9(4)5/h8-9H,6-7H2,1-5H3,(H,11,12). The molecule has 1 N–H and O–H groups in total. The van der Waals surface area contributed by atoms with Crippen LogP contribution < -0.4 is 5.32 Å². The highest BCUT2D eigenvalue weighted by molar-refractivity contribution is 8.13. The summed E-state index contributed by atoms with van der Waals surface area (Å²) < 4.78 is 0. The van der Waals surface area contributed by atoms with Crippen molar-refractivity contribution in [3.05, 3.63) is 0 Å². The van der Waals surface area contributed by atoms with Crippen LogP contribution in [0.4, 0.5) is 0 Å². The van der Waals surface area contributed by atoms with Crippen molar-refractivity contribution in [2.75, 3.05) is 5.75 Å². The van der Waals surface area contributed by atoms with Crippen molar-refractivity contribution in [1.82, 2.24) is 5.32 Å². The molecule has 0 aromatic heterocycles. The lowest BCUT2D eigenvalue weighted by molar-refractivity contribution is 0.727. The normalized spacial score (nSPS) is 12.7. The van der Waals surface area contributed by atoms with Crippen molar-refractivity contribution in [3.63, 3.8) is 0 Å². The molecule has 0 heterocycles. The molecule has 0 fully saturated rings. The molecule has 0 spiro atoms. The van der Waals surface area contributed by atoms with Crippen LogP contribution in [0.1, 0.15) is 41.0 Å². The summed E-state index contributed by atoms with van der Waals surface area (Å²) in [5.74, 6) is 1.14. The van der Waals surface area contributed by atoms with Gasteiger partial charge in [-0.15, -0.1) is 0 Å². The van der Waals surface area contributed by atoms with Gasteiger partial charge in [-0.25, -0.2) is 0 Å². The highest BCUT2D eigenvalue weighted by atomic mass is 32.2. The van der Waals surface area contributed by atoms with Gasteiger partial charge in [0.2, 0.25) is 0 Å². The Morgan fingerprint density at radius 3 is 2.31 bits per heavy atom. The number of aliphatic imine (C=N–C) groups is 1. The van der Waals surface area contributed by atoms with Gasteiger partial charge in [0.25, 0.3) is 0 Å². The summed E-state index contributed by atoms with van der Waals surface area (Å²) in [4.78, 5) is 4.52. The monoisotopic (exact) mass is 202 g/mol. The van der Waals surface area contributed by atoms with Crippen LogP contribution in [0.2, 0.25) is 0 Å². The van der Waals surface area contributed by atoms with Crippen LogP contribution in [0.25, 0.3) is 0 Å². The first-order chi connectivity index (χ1) is 6.06. The SMILES string of the molecule is CCCSC(=NC(C)C)NC(C)C. The van der Waals surface area contributed by atoms with Crippen LogP contribution in [0.3, 0.4) is 0 Å². The van der Waals surface area contributed by atoms with Gasteiger partial charge in [0, 0.05) is 17.8 Å². The molecule has 0 bridgehead atoms. The first-order valence-electron chi connectivity index (χ1n) is 5.03. The molecule has 13 heavy (non-hydrogen) atoms. The Labute approximate surface area is 86.6 Å². The highest BCUT2D eigenvalue weighted by Crippen LogP contribution is 2.06. The van der Waals surface area contributed by atoms with Crippen LogP contribution in [-0.4, -0.2) is 23.0 Å². The van der Waals surface area contributed by atoms with E-state index in [0.29, 0.717) is 12.1 Å². The maximum absolute atomic E-state index is 4.52. The second-order valence-corrected chi connectivity index (χ2v) is 4.76. The van der Waals surface area contributed by atoms with Crippen LogP contribution >= 0.6 is 11.8 Å². The Kier molecular flexibility index (Phi) is 7.14. The quantitative estimate of drug-likeness (QED) is 0.560. The van der Waals surface area contributed by atoms with E-state index in [1.165, 1.54) is 6.42 Å². The van der Waals surface area contributed by atoms with Crippen LogP contribution in [0.15, 0.2) is 4.99 Å². The van der Waals surface area contributed by atoms with E-state index in [9.17, 15) is 0 Å². The van der Waals surface area contributed by atoms with Gasteiger partial charge in [0.1, 0.15) is 0 Å². The molecule has 0 aliphatic rings. The van der Waals surface area contributed by atoms with Gasteiger partial charge >= 0.3 is 0 Å². The van der Waals surface area contributed by atoms with Gasteiger partial charge in [0.05, 0.1) is 0 Å². The maximum atomic E-state index is 4.52. The summed E-state index contributed by atoms with van der Waals surface area (Å²) in [5, 5.41) is 4.45. The first-order valence-corrected chi connectivity index (χ1v) is 6.02. The smallest absolute Gasteiger partial charge is 0.156 e. The van der Waals surface area contributed by atoms with E-state index in [-0.39, 0.29) is 0 Å². The average molecular weight is 202 g/mol. The van der Waals surface area contributed by atoms with E-state index in [2.05, 4.69) is 44.9 Å². The predicted molar refractivity (Wildman–Crippen MR) is 63.6 cm³/mol. The molecular formula is C10H22N2S. The third kappa shape index (κ3) is 8.16. The zero-order valence-electron chi connectivity index (χ0n) is 9.42.